The number of aryl methyl sites for hydroxylation is 1. The summed E-state index contributed by atoms with van der Waals surface area (Å²) in [5, 5.41) is 0. The highest BCUT2D eigenvalue weighted by Gasteiger charge is 2.34. The van der Waals surface area contributed by atoms with Gasteiger partial charge in [0.1, 0.15) is 17.3 Å². The maximum atomic E-state index is 13.5. The molecule has 0 radical (unpaired) electrons. The summed E-state index contributed by atoms with van der Waals surface area (Å²) in [5.74, 6) is 2.48. The van der Waals surface area contributed by atoms with Crippen molar-refractivity contribution in [2.24, 2.45) is 5.92 Å². The number of carbonyl (C=O) groups is 1. The minimum absolute atomic E-state index is 0.0291. The van der Waals surface area contributed by atoms with Gasteiger partial charge >= 0.3 is 0 Å². The van der Waals surface area contributed by atoms with Gasteiger partial charge < -0.3 is 18.9 Å². The van der Waals surface area contributed by atoms with Crippen molar-refractivity contribution in [3.8, 4) is 11.5 Å². The highest BCUT2D eigenvalue weighted by Crippen LogP contribution is 2.39. The zero-order valence-electron chi connectivity index (χ0n) is 18.1. The molecule has 0 N–H and O–H groups in total. The van der Waals surface area contributed by atoms with Gasteiger partial charge in [0.15, 0.2) is 0 Å². The Bertz CT molecular complexity index is 1060. The molecule has 1 saturated heterocycles. The molecule has 1 aliphatic rings. The van der Waals surface area contributed by atoms with Gasteiger partial charge in [-0.1, -0.05) is 19.1 Å². The fourth-order valence-corrected chi connectivity index (χ4v) is 4.51. The lowest BCUT2D eigenvalue weighted by Gasteiger charge is -2.29. The average molecular weight is 408 g/mol. The summed E-state index contributed by atoms with van der Waals surface area (Å²) < 4.78 is 13.1. The zero-order chi connectivity index (χ0) is 21.3. The molecule has 3 aromatic rings. The summed E-state index contributed by atoms with van der Waals surface area (Å²) in [5.41, 5.74) is 3.08. The highest BCUT2D eigenvalue weighted by atomic mass is 16.5. The predicted molar refractivity (Wildman–Crippen MR) is 117 cm³/mol. The van der Waals surface area contributed by atoms with Crippen molar-refractivity contribution in [1.82, 2.24) is 14.5 Å². The molecule has 0 bridgehead atoms. The first-order valence-corrected chi connectivity index (χ1v) is 10.5. The number of hydrogen-bond donors (Lipinski definition) is 0. The van der Waals surface area contributed by atoms with Crippen LogP contribution in [0.1, 0.15) is 37.2 Å². The Kier molecular flexibility index (Phi) is 5.66. The van der Waals surface area contributed by atoms with Gasteiger partial charge in [-0.15, -0.1) is 0 Å². The van der Waals surface area contributed by atoms with E-state index in [1.807, 2.05) is 55.1 Å². The van der Waals surface area contributed by atoms with Crippen molar-refractivity contribution < 1.29 is 14.3 Å². The highest BCUT2D eigenvalue weighted by molar-refractivity contribution is 5.80. The minimum Gasteiger partial charge on any atom is -0.497 e. The van der Waals surface area contributed by atoms with Crippen LogP contribution in [0.15, 0.2) is 42.5 Å². The lowest BCUT2D eigenvalue weighted by molar-refractivity contribution is -0.136. The fourth-order valence-electron chi connectivity index (χ4n) is 4.51. The quantitative estimate of drug-likeness (QED) is 0.609. The Labute approximate surface area is 177 Å². The Morgan fingerprint density at radius 3 is 2.77 bits per heavy atom. The Balaban J connectivity index is 1.57. The van der Waals surface area contributed by atoms with Crippen LogP contribution in [0.4, 0.5) is 0 Å². The van der Waals surface area contributed by atoms with Crippen molar-refractivity contribution in [2.75, 3.05) is 20.8 Å². The van der Waals surface area contributed by atoms with Gasteiger partial charge in [0, 0.05) is 24.7 Å². The molecule has 1 amide bonds. The lowest BCUT2D eigenvalue weighted by atomic mass is 10.0. The van der Waals surface area contributed by atoms with Crippen LogP contribution < -0.4 is 9.47 Å². The average Bonchev–Trinajstić information content (AvgIpc) is 3.37. The van der Waals surface area contributed by atoms with E-state index < -0.39 is 0 Å². The van der Waals surface area contributed by atoms with Crippen LogP contribution in [-0.4, -0.2) is 41.1 Å². The second kappa shape index (κ2) is 8.38. The SMILES string of the molecule is COc1ccc([C@@H]2CCCN2C(=O)[C@@H](C)Cn2c(C)nc3ccccc32)c(OC)c1. The number of para-hydroxylation sites is 2. The number of likely N-dealkylation sites (tertiary alicyclic amines) is 1. The molecule has 0 saturated carbocycles. The van der Waals surface area contributed by atoms with Gasteiger partial charge in [-0.3, -0.25) is 4.79 Å². The molecule has 158 valence electrons. The molecule has 0 unspecified atom stereocenters. The van der Waals surface area contributed by atoms with Crippen LogP contribution in [0, 0.1) is 12.8 Å². The number of rotatable bonds is 6. The number of aromatic nitrogens is 2. The largest absolute Gasteiger partial charge is 0.497 e. The number of fused-ring (bicyclic) bond motifs is 1. The van der Waals surface area contributed by atoms with E-state index in [9.17, 15) is 4.79 Å². The van der Waals surface area contributed by atoms with E-state index in [0.717, 1.165) is 53.3 Å². The molecule has 30 heavy (non-hydrogen) atoms. The summed E-state index contributed by atoms with van der Waals surface area (Å²) >= 11 is 0. The number of methoxy groups -OCH3 is 2. The van der Waals surface area contributed by atoms with Gasteiger partial charge in [-0.25, -0.2) is 4.98 Å². The molecule has 1 aromatic heterocycles. The summed E-state index contributed by atoms with van der Waals surface area (Å²) in [7, 11) is 3.30. The number of imidazole rings is 1. The summed E-state index contributed by atoms with van der Waals surface area (Å²) in [6.07, 6.45) is 1.93. The number of amides is 1. The van der Waals surface area contributed by atoms with E-state index in [1.165, 1.54) is 0 Å². The van der Waals surface area contributed by atoms with Gasteiger partial charge in [0.2, 0.25) is 5.91 Å². The minimum atomic E-state index is -0.147. The van der Waals surface area contributed by atoms with E-state index in [-0.39, 0.29) is 17.9 Å². The Hall–Kier alpha value is -3.02. The first-order valence-electron chi connectivity index (χ1n) is 10.5. The predicted octanol–water partition coefficient (Wildman–Crippen LogP) is 4.36. The van der Waals surface area contributed by atoms with E-state index in [0.29, 0.717) is 6.54 Å². The molecule has 4 rings (SSSR count). The maximum absolute atomic E-state index is 13.5. The van der Waals surface area contributed by atoms with Crippen molar-refractivity contribution >= 4 is 16.9 Å². The molecule has 2 heterocycles. The lowest BCUT2D eigenvalue weighted by Crippen LogP contribution is -2.36. The number of nitrogens with zero attached hydrogens (tertiary/aromatic N) is 3. The summed E-state index contributed by atoms with van der Waals surface area (Å²) in [6.45, 7) is 5.40. The topological polar surface area (TPSA) is 56.6 Å². The van der Waals surface area contributed by atoms with E-state index in [4.69, 9.17) is 9.47 Å². The third kappa shape index (κ3) is 3.62. The van der Waals surface area contributed by atoms with Gasteiger partial charge in [0.05, 0.1) is 37.2 Å². The summed E-state index contributed by atoms with van der Waals surface area (Å²) in [4.78, 5) is 20.1. The fraction of sp³-hybridized carbons (Fsp3) is 0.417. The van der Waals surface area contributed by atoms with E-state index in [1.54, 1.807) is 14.2 Å². The van der Waals surface area contributed by atoms with Crippen LogP contribution in [0.5, 0.6) is 11.5 Å². The smallest absolute Gasteiger partial charge is 0.227 e. The van der Waals surface area contributed by atoms with Gasteiger partial charge in [-0.05, 0) is 44.0 Å². The van der Waals surface area contributed by atoms with Crippen LogP contribution >= 0.6 is 0 Å². The molecule has 1 fully saturated rings. The van der Waals surface area contributed by atoms with Crippen LogP contribution in [-0.2, 0) is 11.3 Å². The first-order chi connectivity index (χ1) is 14.5. The molecular weight excluding hydrogens is 378 g/mol. The van der Waals surface area contributed by atoms with Gasteiger partial charge in [0.25, 0.3) is 0 Å². The first kappa shape index (κ1) is 20.3. The van der Waals surface area contributed by atoms with Gasteiger partial charge in [-0.2, -0.15) is 0 Å². The van der Waals surface area contributed by atoms with Crippen molar-refractivity contribution in [2.45, 2.75) is 39.3 Å². The molecule has 2 aromatic carbocycles. The van der Waals surface area contributed by atoms with E-state index >= 15 is 0 Å². The molecule has 6 nitrogen and oxygen atoms in total. The number of ether oxygens (including phenoxy) is 2. The maximum Gasteiger partial charge on any atom is 0.227 e. The van der Waals surface area contributed by atoms with Crippen LogP contribution in [0.2, 0.25) is 0 Å². The summed E-state index contributed by atoms with van der Waals surface area (Å²) in [6, 6.07) is 14.0. The molecular formula is C24H29N3O3. The molecule has 2 atom stereocenters. The number of hydrogen-bond acceptors (Lipinski definition) is 4. The number of benzene rings is 2. The molecule has 0 spiro atoms. The normalized spacial score (nSPS) is 17.3. The number of carbonyl (C=O) groups excluding carboxylic acids is 1. The Morgan fingerprint density at radius 2 is 2.00 bits per heavy atom. The van der Waals surface area contributed by atoms with E-state index in [2.05, 4.69) is 15.6 Å². The third-order valence-corrected chi connectivity index (χ3v) is 6.06. The molecule has 6 heteroatoms. The Morgan fingerprint density at radius 1 is 1.20 bits per heavy atom. The van der Waals surface area contributed by atoms with Crippen LogP contribution in [0.3, 0.4) is 0 Å². The zero-order valence-corrected chi connectivity index (χ0v) is 18.1. The third-order valence-electron chi connectivity index (χ3n) is 6.06. The second-order valence-corrected chi connectivity index (χ2v) is 7.96. The molecule has 1 aliphatic heterocycles. The van der Waals surface area contributed by atoms with Crippen LogP contribution in [0.25, 0.3) is 11.0 Å². The monoisotopic (exact) mass is 407 g/mol. The van der Waals surface area contributed by atoms with Crippen molar-refractivity contribution in [3.63, 3.8) is 0 Å². The van der Waals surface area contributed by atoms with Crippen molar-refractivity contribution in [1.29, 1.82) is 0 Å². The standard InChI is InChI=1S/C24H29N3O3/c1-16(15-27-17(2)25-20-8-5-6-9-22(20)27)24(28)26-13-7-10-21(26)19-12-11-18(29-3)14-23(19)30-4/h5-6,8-9,11-12,14,16,21H,7,10,13,15H2,1-4H3/t16-,21-/m0/s1. The molecule has 0 aliphatic carbocycles. The second-order valence-electron chi connectivity index (χ2n) is 7.96. The van der Waals surface area contributed by atoms with Crippen molar-refractivity contribution in [3.05, 3.63) is 53.9 Å².